The minimum absolute atomic E-state index is 0.0522. The fourth-order valence-electron chi connectivity index (χ4n) is 2.54. The second kappa shape index (κ2) is 8.52. The summed E-state index contributed by atoms with van der Waals surface area (Å²) in [4.78, 5) is 27.8. The molecule has 9 heteroatoms. The Morgan fingerprint density at radius 1 is 1.27 bits per heavy atom. The van der Waals surface area contributed by atoms with Gasteiger partial charge in [0.25, 0.3) is 11.8 Å². The Morgan fingerprint density at radius 3 is 2.88 bits per heavy atom. The molecule has 2 N–H and O–H groups in total. The van der Waals surface area contributed by atoms with Gasteiger partial charge in [-0.1, -0.05) is 17.3 Å². The SMILES string of the molecule is O=C(CCNC(=O)c1ccccc1F)NCc1noc([C@@H]2CCCO2)n1. The molecular formula is C17H19FN4O4. The Labute approximate surface area is 149 Å². The largest absolute Gasteiger partial charge is 0.368 e. The topological polar surface area (TPSA) is 106 Å². The fraction of sp³-hybridized carbons (Fsp3) is 0.412. The second-order valence-corrected chi connectivity index (χ2v) is 5.81. The lowest BCUT2D eigenvalue weighted by Gasteiger charge is -2.06. The van der Waals surface area contributed by atoms with Crippen molar-refractivity contribution < 1.29 is 23.2 Å². The van der Waals surface area contributed by atoms with Crippen LogP contribution in [0.1, 0.15) is 47.4 Å². The van der Waals surface area contributed by atoms with E-state index < -0.39 is 11.7 Å². The monoisotopic (exact) mass is 362 g/mol. The molecule has 1 fully saturated rings. The number of nitrogens with zero attached hydrogens (tertiary/aromatic N) is 2. The molecule has 1 saturated heterocycles. The van der Waals surface area contributed by atoms with Crippen LogP contribution in [0, 0.1) is 5.82 Å². The molecule has 0 unspecified atom stereocenters. The van der Waals surface area contributed by atoms with Crippen LogP contribution < -0.4 is 10.6 Å². The van der Waals surface area contributed by atoms with Crippen molar-refractivity contribution in [3.8, 4) is 0 Å². The van der Waals surface area contributed by atoms with Crippen LogP contribution in [0.2, 0.25) is 0 Å². The van der Waals surface area contributed by atoms with Crippen molar-refractivity contribution >= 4 is 11.8 Å². The minimum Gasteiger partial charge on any atom is -0.368 e. The first kappa shape index (κ1) is 18.0. The molecule has 1 atom stereocenters. The summed E-state index contributed by atoms with van der Waals surface area (Å²) in [5.74, 6) is -0.672. The predicted molar refractivity (Wildman–Crippen MR) is 87.4 cm³/mol. The van der Waals surface area contributed by atoms with E-state index in [0.717, 1.165) is 12.8 Å². The quantitative estimate of drug-likeness (QED) is 0.773. The molecule has 0 radical (unpaired) electrons. The van der Waals surface area contributed by atoms with Crippen molar-refractivity contribution in [2.75, 3.05) is 13.2 Å². The summed E-state index contributed by atoms with van der Waals surface area (Å²) >= 11 is 0. The highest BCUT2D eigenvalue weighted by Crippen LogP contribution is 2.26. The molecule has 0 spiro atoms. The molecule has 1 aliphatic heterocycles. The van der Waals surface area contributed by atoms with Gasteiger partial charge < -0.3 is 19.9 Å². The Hall–Kier alpha value is -2.81. The summed E-state index contributed by atoms with van der Waals surface area (Å²) in [6, 6.07) is 5.66. The summed E-state index contributed by atoms with van der Waals surface area (Å²) in [5, 5.41) is 8.94. The van der Waals surface area contributed by atoms with Gasteiger partial charge in [0.05, 0.1) is 12.1 Å². The molecular weight excluding hydrogens is 343 g/mol. The number of amides is 2. The Kier molecular flexibility index (Phi) is 5.90. The highest BCUT2D eigenvalue weighted by Gasteiger charge is 2.23. The van der Waals surface area contributed by atoms with Gasteiger partial charge in [0.15, 0.2) is 5.82 Å². The number of nitrogens with one attached hydrogen (secondary N) is 2. The van der Waals surface area contributed by atoms with Crippen LogP contribution in [-0.4, -0.2) is 35.1 Å². The summed E-state index contributed by atoms with van der Waals surface area (Å²) < 4.78 is 24.0. The zero-order chi connectivity index (χ0) is 18.4. The molecule has 1 aromatic carbocycles. The molecule has 2 heterocycles. The first-order valence-electron chi connectivity index (χ1n) is 8.37. The lowest BCUT2D eigenvalue weighted by Crippen LogP contribution is -2.31. The number of carbonyl (C=O) groups excluding carboxylic acids is 2. The Morgan fingerprint density at radius 2 is 2.12 bits per heavy atom. The van der Waals surface area contributed by atoms with Crippen molar-refractivity contribution in [2.24, 2.45) is 0 Å². The van der Waals surface area contributed by atoms with E-state index in [4.69, 9.17) is 9.26 Å². The molecule has 0 saturated carbocycles. The van der Waals surface area contributed by atoms with Crippen LogP contribution >= 0.6 is 0 Å². The van der Waals surface area contributed by atoms with Crippen LogP contribution in [0.5, 0.6) is 0 Å². The first-order chi connectivity index (χ1) is 12.6. The van der Waals surface area contributed by atoms with Gasteiger partial charge in [0.2, 0.25) is 5.91 Å². The van der Waals surface area contributed by atoms with Gasteiger partial charge in [-0.3, -0.25) is 9.59 Å². The van der Waals surface area contributed by atoms with E-state index in [-0.39, 0.29) is 37.1 Å². The van der Waals surface area contributed by atoms with E-state index in [2.05, 4.69) is 20.8 Å². The van der Waals surface area contributed by atoms with Gasteiger partial charge >= 0.3 is 0 Å². The van der Waals surface area contributed by atoms with E-state index in [1.807, 2.05) is 0 Å². The van der Waals surface area contributed by atoms with Crippen LogP contribution in [-0.2, 0) is 16.1 Å². The highest BCUT2D eigenvalue weighted by molar-refractivity contribution is 5.94. The number of hydrogen-bond acceptors (Lipinski definition) is 6. The first-order valence-corrected chi connectivity index (χ1v) is 8.37. The number of carbonyl (C=O) groups is 2. The summed E-state index contributed by atoms with van der Waals surface area (Å²) in [6.45, 7) is 0.889. The second-order valence-electron chi connectivity index (χ2n) is 5.81. The van der Waals surface area contributed by atoms with E-state index in [1.165, 1.54) is 18.2 Å². The molecule has 0 bridgehead atoms. The summed E-state index contributed by atoms with van der Waals surface area (Å²) in [5.41, 5.74) is -0.0543. The van der Waals surface area contributed by atoms with E-state index >= 15 is 0 Å². The summed E-state index contributed by atoms with van der Waals surface area (Å²) in [6.07, 6.45) is 1.69. The van der Waals surface area contributed by atoms with Gasteiger partial charge in [0.1, 0.15) is 11.9 Å². The molecule has 1 aliphatic rings. The summed E-state index contributed by atoms with van der Waals surface area (Å²) in [7, 11) is 0. The average Bonchev–Trinajstić information content (AvgIpc) is 3.31. The highest BCUT2D eigenvalue weighted by atomic mass is 19.1. The molecule has 1 aromatic heterocycles. The number of rotatable bonds is 7. The zero-order valence-corrected chi connectivity index (χ0v) is 14.0. The smallest absolute Gasteiger partial charge is 0.255 e. The Balaban J connectivity index is 1.38. The van der Waals surface area contributed by atoms with Crippen molar-refractivity contribution in [1.82, 2.24) is 20.8 Å². The fourth-order valence-corrected chi connectivity index (χ4v) is 2.54. The lowest BCUT2D eigenvalue weighted by atomic mass is 10.2. The van der Waals surface area contributed by atoms with Crippen molar-refractivity contribution in [2.45, 2.75) is 31.9 Å². The molecule has 3 rings (SSSR count). The van der Waals surface area contributed by atoms with E-state index in [9.17, 15) is 14.0 Å². The third-order valence-electron chi connectivity index (χ3n) is 3.89. The number of benzene rings is 1. The lowest BCUT2D eigenvalue weighted by molar-refractivity contribution is -0.121. The van der Waals surface area contributed by atoms with Crippen molar-refractivity contribution in [3.05, 3.63) is 47.4 Å². The molecule has 26 heavy (non-hydrogen) atoms. The number of halogens is 1. The number of ether oxygens (including phenoxy) is 1. The van der Waals surface area contributed by atoms with Crippen LogP contribution in [0.15, 0.2) is 28.8 Å². The maximum atomic E-state index is 13.5. The molecule has 2 amide bonds. The van der Waals surface area contributed by atoms with E-state index in [1.54, 1.807) is 6.07 Å². The van der Waals surface area contributed by atoms with Gasteiger partial charge in [-0.2, -0.15) is 4.98 Å². The third-order valence-corrected chi connectivity index (χ3v) is 3.89. The predicted octanol–water partition coefficient (Wildman–Crippen LogP) is 1.50. The molecule has 0 aliphatic carbocycles. The maximum Gasteiger partial charge on any atom is 0.255 e. The van der Waals surface area contributed by atoms with Crippen LogP contribution in [0.3, 0.4) is 0 Å². The zero-order valence-electron chi connectivity index (χ0n) is 14.0. The van der Waals surface area contributed by atoms with Gasteiger partial charge in [-0.05, 0) is 25.0 Å². The van der Waals surface area contributed by atoms with E-state index in [0.29, 0.717) is 18.3 Å². The number of aromatic nitrogens is 2. The number of hydrogen-bond donors (Lipinski definition) is 2. The standard InChI is InChI=1S/C17H19FN4O4/c18-12-5-2-1-4-11(12)16(24)19-8-7-15(23)20-10-14-21-17(26-22-14)13-6-3-9-25-13/h1-2,4-5,13H,3,6-10H2,(H,19,24)(H,20,23)/t13-/m0/s1. The van der Waals surface area contributed by atoms with Crippen molar-refractivity contribution in [3.63, 3.8) is 0 Å². The maximum absolute atomic E-state index is 13.5. The molecule has 2 aromatic rings. The Bertz CT molecular complexity index is 774. The van der Waals surface area contributed by atoms with Crippen molar-refractivity contribution in [1.29, 1.82) is 0 Å². The molecule has 8 nitrogen and oxygen atoms in total. The third kappa shape index (κ3) is 4.63. The van der Waals surface area contributed by atoms with Gasteiger partial charge in [-0.15, -0.1) is 0 Å². The minimum atomic E-state index is -0.603. The average molecular weight is 362 g/mol. The van der Waals surface area contributed by atoms with Crippen LogP contribution in [0.25, 0.3) is 0 Å². The van der Waals surface area contributed by atoms with Gasteiger partial charge in [-0.25, -0.2) is 4.39 Å². The molecule has 138 valence electrons. The van der Waals surface area contributed by atoms with Crippen LogP contribution in [0.4, 0.5) is 4.39 Å². The van der Waals surface area contributed by atoms with Gasteiger partial charge in [0, 0.05) is 19.6 Å². The normalized spacial score (nSPS) is 16.4.